The summed E-state index contributed by atoms with van der Waals surface area (Å²) in [6, 6.07) is 9.73. The molecule has 0 saturated heterocycles. The predicted molar refractivity (Wildman–Crippen MR) is 108 cm³/mol. The Labute approximate surface area is 166 Å². The van der Waals surface area contributed by atoms with Crippen LogP contribution in [0.25, 0.3) is 33.5 Å². The number of anilines is 1. The van der Waals surface area contributed by atoms with E-state index in [1.54, 1.807) is 11.0 Å². The zero-order valence-corrected chi connectivity index (χ0v) is 15.7. The highest BCUT2D eigenvalue weighted by atomic mass is 16.2. The van der Waals surface area contributed by atoms with E-state index < -0.39 is 0 Å². The van der Waals surface area contributed by atoms with E-state index in [1.165, 1.54) is 6.20 Å². The highest BCUT2D eigenvalue weighted by Gasteiger charge is 2.30. The molecule has 1 aromatic carbocycles. The fourth-order valence-corrected chi connectivity index (χ4v) is 3.34. The molecule has 1 amide bonds. The average Bonchev–Trinajstić information content (AvgIpc) is 3.34. The molecule has 144 valence electrons. The summed E-state index contributed by atoms with van der Waals surface area (Å²) in [5.74, 6) is 1.11. The van der Waals surface area contributed by atoms with Gasteiger partial charge in [-0.3, -0.25) is 14.3 Å². The molecule has 0 aliphatic heterocycles. The van der Waals surface area contributed by atoms with Crippen LogP contribution >= 0.6 is 0 Å². The standard InChI is InChI=1S/C21H18N6O2/c1-27-11-23-19(26-27)14-4-2-3-13(7-14)17-8-16-15(10-28)9-22-20(18(16)24-17)25-21(29)12-5-6-12/h2-4,7-12,24H,5-6H2,1H3,(H,22,25,29). The van der Waals surface area contributed by atoms with E-state index in [0.717, 1.165) is 41.3 Å². The summed E-state index contributed by atoms with van der Waals surface area (Å²) >= 11 is 0. The van der Waals surface area contributed by atoms with Gasteiger partial charge in [0.2, 0.25) is 5.91 Å². The van der Waals surface area contributed by atoms with Gasteiger partial charge in [-0.2, -0.15) is 5.10 Å². The Morgan fingerprint density at radius 2 is 2.07 bits per heavy atom. The quantitative estimate of drug-likeness (QED) is 0.513. The molecule has 29 heavy (non-hydrogen) atoms. The number of rotatable bonds is 5. The third-order valence-electron chi connectivity index (χ3n) is 5.05. The summed E-state index contributed by atoms with van der Waals surface area (Å²) < 4.78 is 1.65. The minimum absolute atomic E-state index is 0.0305. The van der Waals surface area contributed by atoms with Gasteiger partial charge < -0.3 is 10.3 Å². The van der Waals surface area contributed by atoms with E-state index >= 15 is 0 Å². The summed E-state index contributed by atoms with van der Waals surface area (Å²) in [6.07, 6.45) is 5.73. The molecule has 4 aromatic rings. The maximum absolute atomic E-state index is 12.2. The fraction of sp³-hybridized carbons (Fsp3) is 0.190. The normalized spacial score (nSPS) is 13.6. The summed E-state index contributed by atoms with van der Waals surface area (Å²) in [6.45, 7) is 0. The average molecular weight is 386 g/mol. The van der Waals surface area contributed by atoms with E-state index in [9.17, 15) is 9.59 Å². The number of aromatic nitrogens is 5. The number of nitrogens with zero attached hydrogens (tertiary/aromatic N) is 4. The Bertz CT molecular complexity index is 1250. The minimum Gasteiger partial charge on any atom is -0.351 e. The fourth-order valence-electron chi connectivity index (χ4n) is 3.34. The number of hydrogen-bond acceptors (Lipinski definition) is 5. The molecule has 0 bridgehead atoms. The molecule has 1 aliphatic rings. The van der Waals surface area contributed by atoms with Crippen molar-refractivity contribution in [1.29, 1.82) is 0 Å². The number of aldehydes is 1. The van der Waals surface area contributed by atoms with Gasteiger partial charge in [0, 0.05) is 41.4 Å². The molecule has 2 N–H and O–H groups in total. The van der Waals surface area contributed by atoms with Gasteiger partial charge in [0.25, 0.3) is 0 Å². The summed E-state index contributed by atoms with van der Waals surface area (Å²) in [4.78, 5) is 35.6. The number of aromatic amines is 1. The Morgan fingerprint density at radius 1 is 1.24 bits per heavy atom. The molecule has 1 aliphatic carbocycles. The summed E-state index contributed by atoms with van der Waals surface area (Å²) in [5, 5.41) is 7.95. The number of nitrogens with one attached hydrogen (secondary N) is 2. The van der Waals surface area contributed by atoms with Crippen LogP contribution in [-0.4, -0.2) is 36.9 Å². The van der Waals surface area contributed by atoms with Crippen LogP contribution in [0.5, 0.6) is 0 Å². The number of carbonyl (C=O) groups is 2. The minimum atomic E-state index is -0.0305. The molecule has 1 saturated carbocycles. The second-order valence-corrected chi connectivity index (χ2v) is 7.24. The Hall–Kier alpha value is -3.81. The van der Waals surface area contributed by atoms with Crippen LogP contribution in [0.1, 0.15) is 23.2 Å². The molecule has 0 unspecified atom stereocenters. The van der Waals surface area contributed by atoms with Crippen molar-refractivity contribution >= 4 is 28.9 Å². The topological polar surface area (TPSA) is 106 Å². The Balaban J connectivity index is 1.58. The van der Waals surface area contributed by atoms with Crippen LogP contribution < -0.4 is 5.32 Å². The van der Waals surface area contributed by atoms with Crippen LogP contribution in [0.4, 0.5) is 5.82 Å². The number of amides is 1. The van der Waals surface area contributed by atoms with E-state index in [4.69, 9.17) is 0 Å². The van der Waals surface area contributed by atoms with Crippen molar-refractivity contribution in [3.8, 4) is 22.6 Å². The first-order valence-corrected chi connectivity index (χ1v) is 9.36. The SMILES string of the molecule is Cn1cnc(-c2cccc(-c3cc4c(C=O)cnc(NC(=O)C5CC5)c4[nH]3)c2)n1. The number of H-pyrrole nitrogens is 1. The largest absolute Gasteiger partial charge is 0.351 e. The highest BCUT2D eigenvalue weighted by Crippen LogP contribution is 2.33. The molecule has 1 fully saturated rings. The molecule has 8 nitrogen and oxygen atoms in total. The van der Waals surface area contributed by atoms with Crippen LogP contribution in [0, 0.1) is 5.92 Å². The lowest BCUT2D eigenvalue weighted by Gasteiger charge is -2.05. The smallest absolute Gasteiger partial charge is 0.228 e. The molecule has 3 aromatic heterocycles. The first-order valence-electron chi connectivity index (χ1n) is 9.36. The summed E-state index contributed by atoms with van der Waals surface area (Å²) in [5.41, 5.74) is 3.73. The molecule has 5 rings (SSSR count). The maximum Gasteiger partial charge on any atom is 0.228 e. The van der Waals surface area contributed by atoms with Crippen molar-refractivity contribution in [2.75, 3.05) is 5.32 Å². The van der Waals surface area contributed by atoms with Crippen LogP contribution in [0.15, 0.2) is 42.9 Å². The molecule has 0 radical (unpaired) electrons. The van der Waals surface area contributed by atoms with Crippen LogP contribution in [0.3, 0.4) is 0 Å². The molecule has 0 atom stereocenters. The van der Waals surface area contributed by atoms with E-state index in [0.29, 0.717) is 22.7 Å². The molecule has 0 spiro atoms. The Morgan fingerprint density at radius 3 is 2.79 bits per heavy atom. The van der Waals surface area contributed by atoms with Gasteiger partial charge in [-0.1, -0.05) is 18.2 Å². The first kappa shape index (κ1) is 17.3. The van der Waals surface area contributed by atoms with Gasteiger partial charge >= 0.3 is 0 Å². The van der Waals surface area contributed by atoms with Gasteiger partial charge in [-0.25, -0.2) is 9.97 Å². The van der Waals surface area contributed by atoms with Gasteiger partial charge in [-0.05, 0) is 30.5 Å². The molecular formula is C21H18N6O2. The van der Waals surface area contributed by atoms with E-state index in [-0.39, 0.29) is 11.8 Å². The number of fused-ring (bicyclic) bond motifs is 1. The second kappa shape index (κ2) is 6.66. The second-order valence-electron chi connectivity index (χ2n) is 7.24. The predicted octanol–water partition coefficient (Wildman–Crippen LogP) is 3.19. The van der Waals surface area contributed by atoms with Gasteiger partial charge in [0.1, 0.15) is 6.33 Å². The van der Waals surface area contributed by atoms with Crippen LogP contribution in [-0.2, 0) is 11.8 Å². The third-order valence-corrected chi connectivity index (χ3v) is 5.05. The number of pyridine rings is 1. The summed E-state index contributed by atoms with van der Waals surface area (Å²) in [7, 11) is 1.82. The maximum atomic E-state index is 12.2. The third kappa shape index (κ3) is 3.18. The zero-order chi connectivity index (χ0) is 20.0. The van der Waals surface area contributed by atoms with Crippen molar-refractivity contribution in [2.45, 2.75) is 12.8 Å². The van der Waals surface area contributed by atoms with Crippen molar-refractivity contribution in [3.05, 3.63) is 48.4 Å². The molecular weight excluding hydrogens is 368 g/mol. The van der Waals surface area contributed by atoms with Crippen LogP contribution in [0.2, 0.25) is 0 Å². The zero-order valence-electron chi connectivity index (χ0n) is 15.7. The van der Waals surface area contributed by atoms with Crippen molar-refractivity contribution < 1.29 is 9.59 Å². The van der Waals surface area contributed by atoms with E-state index in [2.05, 4.69) is 25.4 Å². The number of hydrogen-bond donors (Lipinski definition) is 2. The van der Waals surface area contributed by atoms with Gasteiger partial charge in [0.05, 0.1) is 5.52 Å². The number of aryl methyl sites for hydroxylation is 1. The lowest BCUT2D eigenvalue weighted by Crippen LogP contribution is -2.14. The van der Waals surface area contributed by atoms with Crippen molar-refractivity contribution in [2.24, 2.45) is 13.0 Å². The highest BCUT2D eigenvalue weighted by molar-refractivity contribution is 6.06. The van der Waals surface area contributed by atoms with Crippen molar-refractivity contribution in [1.82, 2.24) is 24.7 Å². The first-order chi connectivity index (χ1) is 14.1. The monoisotopic (exact) mass is 386 g/mol. The lowest BCUT2D eigenvalue weighted by molar-refractivity contribution is -0.117. The number of carbonyl (C=O) groups excluding carboxylic acids is 2. The van der Waals surface area contributed by atoms with Crippen molar-refractivity contribution in [3.63, 3.8) is 0 Å². The van der Waals surface area contributed by atoms with Gasteiger partial charge in [-0.15, -0.1) is 0 Å². The Kier molecular flexibility index (Phi) is 3.97. The molecule has 3 heterocycles. The molecule has 8 heteroatoms. The van der Waals surface area contributed by atoms with E-state index in [1.807, 2.05) is 37.4 Å². The number of benzene rings is 1. The lowest BCUT2D eigenvalue weighted by atomic mass is 10.1. The van der Waals surface area contributed by atoms with Gasteiger partial charge in [0.15, 0.2) is 17.9 Å².